The Morgan fingerprint density at radius 2 is 1.95 bits per heavy atom. The highest BCUT2D eigenvalue weighted by molar-refractivity contribution is 5.69. The molecule has 0 saturated carbocycles. The Morgan fingerprint density at radius 3 is 2.62 bits per heavy atom. The van der Waals surface area contributed by atoms with Gasteiger partial charge in [-0.15, -0.1) is 0 Å². The standard InChI is InChI=1S/C17H26O4/c1-17(2,3)21-16(19)10-5-4-6-11-20-15-9-7-8-14(12-15)13-18/h7-9,12,18H,4-6,10-11,13H2,1-3H3. The molecule has 118 valence electrons. The number of aliphatic hydroxyl groups excluding tert-OH is 1. The molecule has 0 saturated heterocycles. The van der Waals surface area contributed by atoms with Gasteiger partial charge in [0.05, 0.1) is 13.2 Å². The molecule has 0 aliphatic carbocycles. The van der Waals surface area contributed by atoms with Gasteiger partial charge in [-0.05, 0) is 57.7 Å². The first kappa shape index (κ1) is 17.5. The Morgan fingerprint density at radius 1 is 1.19 bits per heavy atom. The molecule has 0 fully saturated rings. The van der Waals surface area contributed by atoms with Gasteiger partial charge in [0, 0.05) is 6.42 Å². The van der Waals surface area contributed by atoms with Crippen molar-refractivity contribution < 1.29 is 19.4 Å². The number of esters is 1. The van der Waals surface area contributed by atoms with Gasteiger partial charge in [0.2, 0.25) is 0 Å². The second-order valence-electron chi connectivity index (χ2n) is 6.05. The third-order valence-corrected chi connectivity index (χ3v) is 2.80. The first-order valence-corrected chi connectivity index (χ1v) is 7.45. The summed E-state index contributed by atoms with van der Waals surface area (Å²) in [6, 6.07) is 7.43. The van der Waals surface area contributed by atoms with Crippen LogP contribution in [0, 0.1) is 0 Å². The topological polar surface area (TPSA) is 55.8 Å². The molecule has 0 aliphatic heterocycles. The Bertz CT molecular complexity index is 435. The van der Waals surface area contributed by atoms with Gasteiger partial charge in [-0.2, -0.15) is 0 Å². The first-order chi connectivity index (χ1) is 9.90. The van der Waals surface area contributed by atoms with Crippen molar-refractivity contribution >= 4 is 5.97 Å². The maximum Gasteiger partial charge on any atom is 0.306 e. The number of carbonyl (C=O) groups excluding carboxylic acids is 1. The maximum atomic E-state index is 11.5. The number of benzene rings is 1. The van der Waals surface area contributed by atoms with Crippen molar-refractivity contribution in [3.05, 3.63) is 29.8 Å². The van der Waals surface area contributed by atoms with Crippen LogP contribution in [0.2, 0.25) is 0 Å². The lowest BCUT2D eigenvalue weighted by Gasteiger charge is -2.19. The average molecular weight is 294 g/mol. The van der Waals surface area contributed by atoms with Gasteiger partial charge < -0.3 is 14.6 Å². The van der Waals surface area contributed by atoms with Crippen LogP contribution in [-0.4, -0.2) is 23.3 Å². The van der Waals surface area contributed by atoms with E-state index in [1.165, 1.54) is 0 Å². The summed E-state index contributed by atoms with van der Waals surface area (Å²) in [4.78, 5) is 11.5. The number of ether oxygens (including phenoxy) is 2. The molecule has 0 bridgehead atoms. The predicted molar refractivity (Wildman–Crippen MR) is 82.2 cm³/mol. The smallest absolute Gasteiger partial charge is 0.306 e. The second kappa shape index (κ2) is 8.67. The van der Waals surface area contributed by atoms with Gasteiger partial charge in [0.15, 0.2) is 0 Å². The number of hydrogen-bond donors (Lipinski definition) is 1. The van der Waals surface area contributed by atoms with Gasteiger partial charge in [-0.3, -0.25) is 4.79 Å². The minimum atomic E-state index is -0.405. The molecule has 0 heterocycles. The summed E-state index contributed by atoms with van der Waals surface area (Å²) >= 11 is 0. The van der Waals surface area contributed by atoms with Crippen molar-refractivity contribution in [1.29, 1.82) is 0 Å². The van der Waals surface area contributed by atoms with Crippen molar-refractivity contribution in [2.75, 3.05) is 6.61 Å². The number of hydrogen-bond acceptors (Lipinski definition) is 4. The van der Waals surface area contributed by atoms with Crippen LogP contribution in [0.25, 0.3) is 0 Å². The monoisotopic (exact) mass is 294 g/mol. The lowest BCUT2D eigenvalue weighted by molar-refractivity contribution is -0.154. The van der Waals surface area contributed by atoms with Crippen LogP contribution in [0.5, 0.6) is 5.75 Å². The summed E-state index contributed by atoms with van der Waals surface area (Å²) < 4.78 is 10.9. The van der Waals surface area contributed by atoms with Crippen molar-refractivity contribution in [1.82, 2.24) is 0 Å². The van der Waals surface area contributed by atoms with E-state index in [0.717, 1.165) is 30.6 Å². The van der Waals surface area contributed by atoms with E-state index in [-0.39, 0.29) is 12.6 Å². The molecule has 4 heteroatoms. The summed E-state index contributed by atoms with van der Waals surface area (Å²) in [5, 5.41) is 9.04. The van der Waals surface area contributed by atoms with E-state index in [0.29, 0.717) is 13.0 Å². The first-order valence-electron chi connectivity index (χ1n) is 7.45. The number of rotatable bonds is 8. The molecule has 0 aromatic heterocycles. The maximum absolute atomic E-state index is 11.5. The lowest BCUT2D eigenvalue weighted by Crippen LogP contribution is -2.23. The van der Waals surface area contributed by atoms with Crippen LogP contribution in [-0.2, 0) is 16.1 Å². The van der Waals surface area contributed by atoms with Crippen LogP contribution in [0.1, 0.15) is 52.0 Å². The van der Waals surface area contributed by atoms with Gasteiger partial charge in [0.25, 0.3) is 0 Å². The molecule has 1 N–H and O–H groups in total. The quantitative estimate of drug-likeness (QED) is 0.589. The number of aliphatic hydroxyl groups is 1. The SMILES string of the molecule is CC(C)(C)OC(=O)CCCCCOc1cccc(CO)c1. The molecule has 0 aliphatic rings. The van der Waals surface area contributed by atoms with Crippen LogP contribution in [0.3, 0.4) is 0 Å². The van der Waals surface area contributed by atoms with Crippen LogP contribution in [0.15, 0.2) is 24.3 Å². The lowest BCUT2D eigenvalue weighted by atomic mass is 10.1. The third-order valence-electron chi connectivity index (χ3n) is 2.80. The van der Waals surface area contributed by atoms with E-state index in [4.69, 9.17) is 14.6 Å². The fourth-order valence-corrected chi connectivity index (χ4v) is 1.86. The van der Waals surface area contributed by atoms with E-state index >= 15 is 0 Å². The molecule has 0 atom stereocenters. The molecule has 4 nitrogen and oxygen atoms in total. The zero-order valence-electron chi connectivity index (χ0n) is 13.2. The van der Waals surface area contributed by atoms with E-state index < -0.39 is 5.60 Å². The van der Waals surface area contributed by atoms with Gasteiger partial charge >= 0.3 is 5.97 Å². The Labute approximate surface area is 127 Å². The molecule has 0 spiro atoms. The van der Waals surface area contributed by atoms with Gasteiger partial charge in [0.1, 0.15) is 11.4 Å². The minimum Gasteiger partial charge on any atom is -0.494 e. The van der Waals surface area contributed by atoms with E-state index in [1.807, 2.05) is 45.0 Å². The van der Waals surface area contributed by atoms with Gasteiger partial charge in [-0.25, -0.2) is 0 Å². The number of carbonyl (C=O) groups is 1. The van der Waals surface area contributed by atoms with E-state index in [9.17, 15) is 4.79 Å². The molecule has 0 radical (unpaired) electrons. The van der Waals surface area contributed by atoms with Crippen molar-refractivity contribution in [2.24, 2.45) is 0 Å². The average Bonchev–Trinajstić information content (AvgIpc) is 2.41. The molecule has 0 amide bonds. The number of unbranched alkanes of at least 4 members (excludes halogenated alkanes) is 2. The zero-order chi connectivity index (χ0) is 15.7. The molecule has 1 rings (SSSR count). The fraction of sp³-hybridized carbons (Fsp3) is 0.588. The largest absolute Gasteiger partial charge is 0.494 e. The minimum absolute atomic E-state index is 0.0209. The Balaban J connectivity index is 2.10. The summed E-state index contributed by atoms with van der Waals surface area (Å²) in [7, 11) is 0. The predicted octanol–water partition coefficient (Wildman–Crippen LogP) is 3.46. The molecule has 1 aromatic rings. The molecular formula is C17H26O4. The normalized spacial score (nSPS) is 11.2. The Hall–Kier alpha value is -1.55. The van der Waals surface area contributed by atoms with E-state index in [1.54, 1.807) is 0 Å². The Kier molecular flexibility index (Phi) is 7.23. The highest BCUT2D eigenvalue weighted by Gasteiger charge is 2.15. The molecule has 0 unspecified atom stereocenters. The zero-order valence-corrected chi connectivity index (χ0v) is 13.2. The fourth-order valence-electron chi connectivity index (χ4n) is 1.86. The summed E-state index contributed by atoms with van der Waals surface area (Å²) in [5.74, 6) is 0.632. The highest BCUT2D eigenvalue weighted by atomic mass is 16.6. The summed E-state index contributed by atoms with van der Waals surface area (Å²) in [5.41, 5.74) is 0.440. The summed E-state index contributed by atoms with van der Waals surface area (Å²) in [6.07, 6.45) is 3.09. The van der Waals surface area contributed by atoms with Crippen LogP contribution in [0.4, 0.5) is 0 Å². The van der Waals surface area contributed by atoms with E-state index in [2.05, 4.69) is 0 Å². The molecular weight excluding hydrogens is 268 g/mol. The van der Waals surface area contributed by atoms with Gasteiger partial charge in [-0.1, -0.05) is 12.1 Å². The van der Waals surface area contributed by atoms with Crippen molar-refractivity contribution in [3.8, 4) is 5.75 Å². The van der Waals surface area contributed by atoms with Crippen molar-refractivity contribution in [3.63, 3.8) is 0 Å². The second-order valence-corrected chi connectivity index (χ2v) is 6.05. The van der Waals surface area contributed by atoms with Crippen LogP contribution >= 0.6 is 0 Å². The highest BCUT2D eigenvalue weighted by Crippen LogP contribution is 2.14. The summed E-state index contributed by atoms with van der Waals surface area (Å²) in [6.45, 7) is 6.26. The molecule has 21 heavy (non-hydrogen) atoms. The van der Waals surface area contributed by atoms with Crippen molar-refractivity contribution in [2.45, 2.75) is 58.7 Å². The molecule has 1 aromatic carbocycles. The van der Waals surface area contributed by atoms with Crippen LogP contribution < -0.4 is 4.74 Å². The third kappa shape index (κ3) is 8.35.